The van der Waals surface area contributed by atoms with Crippen molar-refractivity contribution in [1.29, 1.82) is 0 Å². The van der Waals surface area contributed by atoms with E-state index in [4.69, 9.17) is 9.47 Å². The molecular formula is C30H29N5O5. The first-order valence-corrected chi connectivity index (χ1v) is 12.4. The van der Waals surface area contributed by atoms with Crippen LogP contribution in [0.15, 0.2) is 119 Å². The molecule has 0 aliphatic heterocycles. The van der Waals surface area contributed by atoms with Crippen LogP contribution >= 0.6 is 0 Å². The van der Waals surface area contributed by atoms with Crippen LogP contribution in [0.2, 0.25) is 0 Å². The van der Waals surface area contributed by atoms with Crippen LogP contribution in [0.25, 0.3) is 0 Å². The van der Waals surface area contributed by atoms with Gasteiger partial charge in [-0.2, -0.15) is 15.3 Å². The molecule has 3 aromatic carbocycles. The van der Waals surface area contributed by atoms with E-state index in [1.807, 2.05) is 35.2 Å². The molecule has 0 heterocycles. The average Bonchev–Trinajstić information content (AvgIpc) is 2.98. The Balaban J connectivity index is 1.75. The third kappa shape index (κ3) is 9.25. The summed E-state index contributed by atoms with van der Waals surface area (Å²) in [6.07, 6.45) is 2.15. The zero-order valence-electron chi connectivity index (χ0n) is 22.1. The second-order valence-corrected chi connectivity index (χ2v) is 8.24. The summed E-state index contributed by atoms with van der Waals surface area (Å²) in [5, 5.41) is 16.9. The number of carbonyl (C=O) groups excluding carboxylic acids is 3. The number of anilines is 1. The second-order valence-electron chi connectivity index (χ2n) is 8.24. The molecule has 0 unspecified atom stereocenters. The van der Waals surface area contributed by atoms with E-state index in [0.29, 0.717) is 28.3 Å². The van der Waals surface area contributed by atoms with Gasteiger partial charge < -0.3 is 14.4 Å². The summed E-state index contributed by atoms with van der Waals surface area (Å²) in [6, 6.07) is 21.6. The Morgan fingerprint density at radius 1 is 0.725 bits per heavy atom. The van der Waals surface area contributed by atoms with Crippen LogP contribution in [0.1, 0.15) is 17.3 Å². The molecule has 10 nitrogen and oxygen atoms in total. The molecule has 204 valence electrons. The van der Waals surface area contributed by atoms with E-state index >= 15 is 0 Å². The predicted molar refractivity (Wildman–Crippen MR) is 152 cm³/mol. The number of ether oxygens (including phenoxy) is 2. The average molecular weight is 540 g/mol. The molecule has 0 saturated carbocycles. The number of benzene rings is 3. The van der Waals surface area contributed by atoms with E-state index in [1.165, 1.54) is 6.92 Å². The lowest BCUT2D eigenvalue weighted by atomic mass is 10.1. The van der Waals surface area contributed by atoms with Crippen molar-refractivity contribution in [1.82, 2.24) is 0 Å². The minimum absolute atomic E-state index is 0.0675. The summed E-state index contributed by atoms with van der Waals surface area (Å²) < 4.78 is 10.2. The fourth-order valence-electron chi connectivity index (χ4n) is 3.40. The number of nitrogens with zero attached hydrogens (tertiary/aromatic N) is 5. The molecule has 3 rings (SSSR count). The molecule has 3 aromatic rings. The monoisotopic (exact) mass is 539 g/mol. The Bertz CT molecular complexity index is 1380. The fraction of sp³-hybridized carbons (Fsp3) is 0.167. The van der Waals surface area contributed by atoms with Gasteiger partial charge in [0.05, 0.1) is 35.8 Å². The van der Waals surface area contributed by atoms with Crippen molar-refractivity contribution in [2.24, 2.45) is 20.5 Å². The molecule has 0 saturated heterocycles. The normalized spacial score (nSPS) is 10.8. The summed E-state index contributed by atoms with van der Waals surface area (Å²) in [4.78, 5) is 37.2. The number of esters is 2. The molecule has 0 aliphatic carbocycles. The first-order chi connectivity index (χ1) is 19.4. The third-order valence-corrected chi connectivity index (χ3v) is 5.43. The maximum atomic E-state index is 12.5. The molecule has 0 radical (unpaired) electrons. The largest absolute Gasteiger partial charge is 0.461 e. The van der Waals surface area contributed by atoms with Gasteiger partial charge in [-0.25, -0.2) is 9.59 Å². The van der Waals surface area contributed by atoms with Gasteiger partial charge >= 0.3 is 11.9 Å². The van der Waals surface area contributed by atoms with Crippen molar-refractivity contribution >= 4 is 46.2 Å². The molecule has 0 aliphatic rings. The maximum absolute atomic E-state index is 12.5. The number of ketones is 1. The van der Waals surface area contributed by atoms with Gasteiger partial charge in [0, 0.05) is 23.4 Å². The lowest BCUT2D eigenvalue weighted by Gasteiger charge is -2.25. The minimum atomic E-state index is -0.550. The number of azo groups is 2. The van der Waals surface area contributed by atoms with Gasteiger partial charge in [-0.1, -0.05) is 31.4 Å². The van der Waals surface area contributed by atoms with E-state index in [-0.39, 0.29) is 32.1 Å². The van der Waals surface area contributed by atoms with E-state index in [1.54, 1.807) is 42.5 Å². The SMILES string of the molecule is C=CC(=O)OCCN(CCOC(=O)C=C)c1ccc(/N=N/c2ccc(/N=N/c3ccccc3)cc2)c(C(C)=O)c1. The Kier molecular flexibility index (Phi) is 11.2. The molecule has 0 bridgehead atoms. The van der Waals surface area contributed by atoms with Crippen LogP contribution in [0.5, 0.6) is 0 Å². The molecule has 0 N–H and O–H groups in total. The fourth-order valence-corrected chi connectivity index (χ4v) is 3.40. The van der Waals surface area contributed by atoms with E-state index in [9.17, 15) is 14.4 Å². The minimum Gasteiger partial charge on any atom is -0.461 e. The summed E-state index contributed by atoms with van der Waals surface area (Å²) >= 11 is 0. The predicted octanol–water partition coefficient (Wildman–Crippen LogP) is 6.98. The van der Waals surface area contributed by atoms with Crippen molar-refractivity contribution in [3.05, 3.63) is 104 Å². The zero-order valence-corrected chi connectivity index (χ0v) is 22.1. The first kappa shape index (κ1) is 29.3. The highest BCUT2D eigenvalue weighted by Gasteiger charge is 2.14. The Morgan fingerprint density at radius 2 is 1.23 bits per heavy atom. The Morgan fingerprint density at radius 3 is 1.73 bits per heavy atom. The van der Waals surface area contributed by atoms with Crippen LogP contribution in [-0.2, 0) is 19.1 Å². The lowest BCUT2D eigenvalue weighted by Crippen LogP contribution is -2.32. The van der Waals surface area contributed by atoms with Crippen molar-refractivity contribution in [3.8, 4) is 0 Å². The molecule has 10 heteroatoms. The topological polar surface area (TPSA) is 122 Å². The van der Waals surface area contributed by atoms with Crippen LogP contribution in [0.3, 0.4) is 0 Å². The number of hydrogen-bond donors (Lipinski definition) is 0. The van der Waals surface area contributed by atoms with Crippen LogP contribution in [0, 0.1) is 0 Å². The van der Waals surface area contributed by atoms with Crippen molar-refractivity contribution in [2.45, 2.75) is 6.92 Å². The molecule has 40 heavy (non-hydrogen) atoms. The standard InChI is InChI=1S/C30H29N5O5/c1-4-29(37)39-19-17-35(18-20-40-30(38)5-2)26-15-16-28(27(21-26)22(3)36)34-33-25-13-11-24(12-14-25)32-31-23-9-7-6-8-10-23/h4-16,21H,1-2,17-20H2,3H3/b32-31+,34-33+. The highest BCUT2D eigenvalue weighted by molar-refractivity contribution is 5.99. The number of carbonyl (C=O) groups is 3. The van der Waals surface area contributed by atoms with E-state index in [0.717, 1.165) is 17.8 Å². The van der Waals surface area contributed by atoms with Gasteiger partial charge in [0.15, 0.2) is 5.78 Å². The van der Waals surface area contributed by atoms with Crippen LogP contribution < -0.4 is 4.90 Å². The number of hydrogen-bond acceptors (Lipinski definition) is 10. The highest BCUT2D eigenvalue weighted by atomic mass is 16.5. The van der Waals surface area contributed by atoms with Crippen LogP contribution in [0.4, 0.5) is 28.4 Å². The zero-order chi connectivity index (χ0) is 28.7. The number of Topliss-reactive ketones (excluding diaryl/α,β-unsaturated/α-hetero) is 1. The van der Waals surface area contributed by atoms with Gasteiger partial charge in [0.25, 0.3) is 0 Å². The quantitative estimate of drug-likeness (QED) is 0.0942. The summed E-state index contributed by atoms with van der Waals surface area (Å²) in [6.45, 7) is 8.91. The molecular weight excluding hydrogens is 510 g/mol. The number of rotatable bonds is 14. The summed E-state index contributed by atoms with van der Waals surface area (Å²) in [5.41, 5.74) is 3.38. The van der Waals surface area contributed by atoms with Crippen molar-refractivity contribution in [2.75, 3.05) is 31.2 Å². The van der Waals surface area contributed by atoms with Gasteiger partial charge in [0.1, 0.15) is 13.2 Å². The second kappa shape index (κ2) is 15.2. The summed E-state index contributed by atoms with van der Waals surface area (Å²) in [5.74, 6) is -1.31. The Labute approximate surface area is 232 Å². The van der Waals surface area contributed by atoms with Crippen molar-refractivity contribution in [3.63, 3.8) is 0 Å². The van der Waals surface area contributed by atoms with Gasteiger partial charge in [-0.05, 0) is 61.5 Å². The molecule has 0 amide bonds. The van der Waals surface area contributed by atoms with Gasteiger partial charge in [-0.3, -0.25) is 4.79 Å². The smallest absolute Gasteiger partial charge is 0.330 e. The highest BCUT2D eigenvalue weighted by Crippen LogP contribution is 2.29. The molecule has 0 atom stereocenters. The molecule has 0 spiro atoms. The van der Waals surface area contributed by atoms with Gasteiger partial charge in [-0.15, -0.1) is 5.11 Å². The maximum Gasteiger partial charge on any atom is 0.330 e. The summed E-state index contributed by atoms with van der Waals surface area (Å²) in [7, 11) is 0. The Hall–Kier alpha value is -5.25. The third-order valence-electron chi connectivity index (χ3n) is 5.43. The van der Waals surface area contributed by atoms with Crippen molar-refractivity contribution < 1.29 is 23.9 Å². The van der Waals surface area contributed by atoms with E-state index in [2.05, 4.69) is 33.6 Å². The van der Waals surface area contributed by atoms with E-state index < -0.39 is 11.9 Å². The molecule has 0 fully saturated rings. The van der Waals surface area contributed by atoms with Crippen LogP contribution in [-0.4, -0.2) is 44.0 Å². The van der Waals surface area contributed by atoms with Gasteiger partial charge in [0.2, 0.25) is 0 Å². The molecule has 0 aromatic heterocycles. The first-order valence-electron chi connectivity index (χ1n) is 12.4. The lowest BCUT2D eigenvalue weighted by molar-refractivity contribution is -0.137.